The summed E-state index contributed by atoms with van der Waals surface area (Å²) in [7, 11) is 0. The first kappa shape index (κ1) is 36.4. The van der Waals surface area contributed by atoms with Crippen molar-refractivity contribution >= 4 is 41.5 Å². The molecule has 1 aromatic rings. The fourth-order valence-electron chi connectivity index (χ4n) is 3.52. The number of primary amides is 1. The van der Waals surface area contributed by atoms with Crippen LogP contribution in [0, 0.1) is 0 Å². The molecule has 0 saturated heterocycles. The van der Waals surface area contributed by atoms with Crippen LogP contribution in [0.4, 0.5) is 4.79 Å². The van der Waals surface area contributed by atoms with Crippen LogP contribution in [0.3, 0.4) is 0 Å². The number of nitrogens with one attached hydrogen (secondary N) is 4. The maximum atomic E-state index is 12.7. The molecule has 43 heavy (non-hydrogen) atoms. The molecule has 17 nitrogen and oxygen atoms in total. The number of nitrogens with two attached hydrogens (primary N) is 1. The van der Waals surface area contributed by atoms with Crippen LogP contribution in [-0.4, -0.2) is 111 Å². The first-order valence-corrected chi connectivity index (χ1v) is 13.0. The van der Waals surface area contributed by atoms with Gasteiger partial charge in [-0.1, -0.05) is 18.2 Å². The van der Waals surface area contributed by atoms with Crippen LogP contribution in [0.25, 0.3) is 0 Å². The van der Waals surface area contributed by atoms with Gasteiger partial charge in [0.2, 0.25) is 17.7 Å². The summed E-state index contributed by atoms with van der Waals surface area (Å²) in [6.07, 6.45) is -7.98. The van der Waals surface area contributed by atoms with Crippen molar-refractivity contribution in [1.82, 2.24) is 21.3 Å². The Kier molecular flexibility index (Phi) is 14.7. The average molecular weight is 612 g/mol. The Labute approximate surface area is 246 Å². The number of carbonyl (C=O) groups excluding carboxylic acids is 6. The van der Waals surface area contributed by atoms with E-state index in [4.69, 9.17) is 15.6 Å². The normalized spacial score (nSPS) is 15.7. The van der Waals surface area contributed by atoms with Crippen molar-refractivity contribution in [2.45, 2.75) is 76.1 Å². The van der Waals surface area contributed by atoms with Gasteiger partial charge < -0.3 is 52.2 Å². The van der Waals surface area contributed by atoms with Gasteiger partial charge in [-0.15, -0.1) is 0 Å². The summed E-state index contributed by atoms with van der Waals surface area (Å²) in [6.45, 7) is 2.42. The number of carbonyl (C=O) groups is 7. The third kappa shape index (κ3) is 12.0. The number of aliphatic hydroxyl groups excluding tert-OH is 3. The minimum Gasteiger partial charge on any atom is -0.480 e. The predicted octanol–water partition coefficient (Wildman–Crippen LogP) is -3.09. The molecule has 0 aliphatic carbocycles. The number of amides is 5. The van der Waals surface area contributed by atoms with Crippen molar-refractivity contribution in [1.29, 1.82) is 0 Å². The molecular weight excluding hydrogens is 574 g/mol. The van der Waals surface area contributed by atoms with Gasteiger partial charge in [0.05, 0.1) is 6.61 Å². The van der Waals surface area contributed by atoms with Crippen molar-refractivity contribution in [3.05, 3.63) is 35.9 Å². The maximum Gasteiger partial charge on any atom is 0.408 e. The highest BCUT2D eigenvalue weighted by molar-refractivity contribution is 5.98. The molecule has 7 atom stereocenters. The van der Waals surface area contributed by atoms with Crippen LogP contribution in [0.5, 0.6) is 0 Å². The molecule has 0 aliphatic heterocycles. The second kappa shape index (κ2) is 17.4. The number of rotatable bonds is 17. The van der Waals surface area contributed by atoms with E-state index in [0.29, 0.717) is 0 Å². The molecule has 0 radical (unpaired) electrons. The number of aliphatic hydroxyl groups is 3. The molecule has 0 fully saturated rings. The standard InChI is InChI=1S/C26H37N5O12/c1-12(23(38)30-16(22(27)37)9-10-18(35)28-13(2)25(40)41)29-26(42)43-21(20(36)17(34)11-32)19(14(3)33)31-24(39)15-7-5-4-6-8-15/h4-8,12-13,16-17,19-21,32,34,36H,9-11H2,1-3H3,(H2,27,37)(H,28,35)(H,29,42)(H,30,38)(H,31,39)(H,40,41)/t12?,13?,16?,17-,19+,20-,21-/m1/s1. The predicted molar refractivity (Wildman–Crippen MR) is 146 cm³/mol. The third-order valence-electron chi connectivity index (χ3n) is 6.05. The first-order valence-electron chi connectivity index (χ1n) is 13.0. The number of carboxylic acids is 1. The Morgan fingerprint density at radius 2 is 1.51 bits per heavy atom. The monoisotopic (exact) mass is 611 g/mol. The molecule has 1 rings (SSSR count). The van der Waals surface area contributed by atoms with Gasteiger partial charge in [-0.2, -0.15) is 0 Å². The van der Waals surface area contributed by atoms with Crippen LogP contribution in [0.15, 0.2) is 30.3 Å². The lowest BCUT2D eigenvalue weighted by molar-refractivity contribution is -0.141. The smallest absolute Gasteiger partial charge is 0.408 e. The van der Waals surface area contributed by atoms with Gasteiger partial charge in [0.15, 0.2) is 11.9 Å². The Hall–Kier alpha value is -4.61. The zero-order valence-corrected chi connectivity index (χ0v) is 23.7. The number of hydrogen-bond donors (Lipinski definition) is 9. The van der Waals surface area contributed by atoms with Crippen LogP contribution in [0.2, 0.25) is 0 Å². The summed E-state index contributed by atoms with van der Waals surface area (Å²) >= 11 is 0. The zero-order chi connectivity index (χ0) is 32.9. The number of hydrogen-bond acceptors (Lipinski definition) is 11. The van der Waals surface area contributed by atoms with Crippen molar-refractivity contribution in [3.63, 3.8) is 0 Å². The van der Waals surface area contributed by atoms with Crippen molar-refractivity contribution < 1.29 is 58.7 Å². The molecule has 1 aromatic carbocycles. The fourth-order valence-corrected chi connectivity index (χ4v) is 3.52. The Bertz CT molecular complexity index is 1160. The molecule has 0 spiro atoms. The fraction of sp³-hybridized carbons (Fsp3) is 0.500. The highest BCUT2D eigenvalue weighted by Crippen LogP contribution is 2.13. The molecule has 0 bridgehead atoms. The maximum absolute atomic E-state index is 12.7. The van der Waals surface area contributed by atoms with Gasteiger partial charge in [0.25, 0.3) is 5.91 Å². The molecular formula is C26H37N5O12. The number of ketones is 1. The quantitative estimate of drug-likeness (QED) is 0.0847. The number of Topliss-reactive ketones (excluding diaryl/α,β-unsaturated/α-hetero) is 1. The van der Waals surface area contributed by atoms with E-state index >= 15 is 0 Å². The van der Waals surface area contributed by atoms with Gasteiger partial charge in [0, 0.05) is 12.0 Å². The van der Waals surface area contributed by atoms with E-state index < -0.39 is 90.6 Å². The summed E-state index contributed by atoms with van der Waals surface area (Å²) < 4.78 is 5.12. The van der Waals surface area contributed by atoms with Crippen LogP contribution in [-0.2, 0) is 28.7 Å². The summed E-state index contributed by atoms with van der Waals surface area (Å²) in [5, 5.41) is 47.4. The highest BCUT2D eigenvalue weighted by Gasteiger charge is 2.40. The largest absolute Gasteiger partial charge is 0.480 e. The van der Waals surface area contributed by atoms with E-state index in [0.717, 1.165) is 6.92 Å². The van der Waals surface area contributed by atoms with E-state index in [1.807, 2.05) is 0 Å². The Morgan fingerprint density at radius 1 is 0.907 bits per heavy atom. The number of alkyl carbamates (subject to hydrolysis) is 1. The molecule has 0 heterocycles. The first-order chi connectivity index (χ1) is 20.1. The SMILES string of the molecule is CC(=O)[C@H](NC(=O)c1ccccc1)[C@@H](OC(=O)NC(C)C(=O)NC(CCC(=O)NC(C)C(=O)O)C(N)=O)[C@H](O)[C@H](O)CO. The summed E-state index contributed by atoms with van der Waals surface area (Å²) in [6, 6.07) is 1.88. The second-order valence-corrected chi connectivity index (χ2v) is 9.53. The molecule has 5 amide bonds. The second-order valence-electron chi connectivity index (χ2n) is 9.53. The third-order valence-corrected chi connectivity index (χ3v) is 6.05. The van der Waals surface area contributed by atoms with E-state index in [1.54, 1.807) is 18.2 Å². The topological polar surface area (TPSA) is 284 Å². The molecule has 3 unspecified atom stereocenters. The zero-order valence-electron chi connectivity index (χ0n) is 23.7. The van der Waals surface area contributed by atoms with Gasteiger partial charge in [0.1, 0.15) is 36.4 Å². The lowest BCUT2D eigenvalue weighted by atomic mass is 9.97. The summed E-state index contributed by atoms with van der Waals surface area (Å²) in [5.41, 5.74) is 5.40. The minimum atomic E-state index is -2.07. The summed E-state index contributed by atoms with van der Waals surface area (Å²) in [4.78, 5) is 84.9. The van der Waals surface area contributed by atoms with Gasteiger partial charge in [-0.05, 0) is 39.3 Å². The van der Waals surface area contributed by atoms with Crippen molar-refractivity contribution in [2.75, 3.05) is 6.61 Å². The average Bonchev–Trinajstić information content (AvgIpc) is 2.95. The van der Waals surface area contributed by atoms with E-state index in [1.165, 1.54) is 26.0 Å². The number of carboxylic acid groups (broad SMARTS) is 1. The molecule has 0 aliphatic rings. The molecule has 238 valence electrons. The molecule has 10 N–H and O–H groups in total. The van der Waals surface area contributed by atoms with E-state index in [-0.39, 0.29) is 18.4 Å². The Balaban J connectivity index is 2.96. The molecule has 17 heteroatoms. The minimum absolute atomic E-state index is 0.123. The summed E-state index contributed by atoms with van der Waals surface area (Å²) in [5.74, 6) is -5.57. The van der Waals surface area contributed by atoms with E-state index in [2.05, 4.69) is 21.3 Å². The van der Waals surface area contributed by atoms with E-state index in [9.17, 15) is 48.9 Å². The van der Waals surface area contributed by atoms with Gasteiger partial charge >= 0.3 is 12.1 Å². The van der Waals surface area contributed by atoms with Gasteiger partial charge in [-0.3, -0.25) is 28.8 Å². The highest BCUT2D eigenvalue weighted by atomic mass is 16.6. The Morgan fingerprint density at radius 3 is 2.02 bits per heavy atom. The van der Waals surface area contributed by atoms with Crippen LogP contribution in [0.1, 0.15) is 44.0 Å². The molecule has 0 aromatic heterocycles. The molecule has 0 saturated carbocycles. The van der Waals surface area contributed by atoms with Crippen LogP contribution >= 0.6 is 0 Å². The lowest BCUT2D eigenvalue weighted by Crippen LogP contribution is -2.59. The lowest BCUT2D eigenvalue weighted by Gasteiger charge is -2.32. The number of benzene rings is 1. The van der Waals surface area contributed by atoms with Crippen molar-refractivity contribution in [3.8, 4) is 0 Å². The number of aliphatic carboxylic acids is 1. The van der Waals surface area contributed by atoms with Gasteiger partial charge in [-0.25, -0.2) is 4.79 Å². The van der Waals surface area contributed by atoms with Crippen LogP contribution < -0.4 is 27.0 Å². The van der Waals surface area contributed by atoms with Crippen molar-refractivity contribution in [2.24, 2.45) is 5.73 Å². The number of ether oxygens (including phenoxy) is 1.